The summed E-state index contributed by atoms with van der Waals surface area (Å²) >= 11 is 5.82. The highest BCUT2D eigenvalue weighted by atomic mass is 35.5. The molecule has 1 N–H and O–H groups in total. The highest BCUT2D eigenvalue weighted by Crippen LogP contribution is 2.16. The van der Waals surface area contributed by atoms with Crippen LogP contribution in [-0.4, -0.2) is 10.9 Å². The van der Waals surface area contributed by atoms with E-state index in [2.05, 4.69) is 10.3 Å². The number of nitrogens with zero attached hydrogens (tertiary/aromatic N) is 1. The van der Waals surface area contributed by atoms with Crippen LogP contribution in [0.5, 0.6) is 0 Å². The number of halogens is 1. The van der Waals surface area contributed by atoms with E-state index in [0.29, 0.717) is 10.6 Å². The summed E-state index contributed by atoms with van der Waals surface area (Å²) < 4.78 is 0. The summed E-state index contributed by atoms with van der Waals surface area (Å²) in [7, 11) is 0. The Bertz CT molecular complexity index is 525. The fourth-order valence-electron chi connectivity index (χ4n) is 1.61. The van der Waals surface area contributed by atoms with Gasteiger partial charge < -0.3 is 5.32 Å². The third-order valence-electron chi connectivity index (χ3n) is 2.64. The van der Waals surface area contributed by atoms with Crippen molar-refractivity contribution < 1.29 is 4.79 Å². The smallest absolute Gasteiger partial charge is 0.253 e. The first-order chi connectivity index (χ1) is 8.66. The van der Waals surface area contributed by atoms with Crippen molar-refractivity contribution in [1.29, 1.82) is 0 Å². The molecule has 1 amide bonds. The molecule has 18 heavy (non-hydrogen) atoms. The molecule has 0 saturated carbocycles. The van der Waals surface area contributed by atoms with E-state index in [9.17, 15) is 4.79 Å². The van der Waals surface area contributed by atoms with Crippen molar-refractivity contribution in [2.45, 2.75) is 13.0 Å². The summed E-state index contributed by atoms with van der Waals surface area (Å²) in [5.74, 6) is -0.134. The molecular weight excluding hydrogens is 248 g/mol. The lowest BCUT2D eigenvalue weighted by Crippen LogP contribution is -2.26. The van der Waals surface area contributed by atoms with E-state index in [0.717, 1.165) is 5.56 Å². The molecule has 1 aromatic carbocycles. The number of aromatic nitrogens is 1. The summed E-state index contributed by atoms with van der Waals surface area (Å²) in [5.41, 5.74) is 1.56. The van der Waals surface area contributed by atoms with Crippen LogP contribution in [0.25, 0.3) is 0 Å². The van der Waals surface area contributed by atoms with Crippen LogP contribution in [-0.2, 0) is 0 Å². The summed E-state index contributed by atoms with van der Waals surface area (Å²) in [5, 5.41) is 3.59. The Morgan fingerprint density at radius 2 is 2.00 bits per heavy atom. The van der Waals surface area contributed by atoms with Crippen molar-refractivity contribution in [2.24, 2.45) is 0 Å². The van der Waals surface area contributed by atoms with Gasteiger partial charge in [-0.05, 0) is 36.8 Å². The number of pyridine rings is 1. The lowest BCUT2D eigenvalue weighted by atomic mass is 10.1. The van der Waals surface area contributed by atoms with E-state index in [1.807, 2.05) is 31.2 Å². The SMILES string of the molecule is C[C@@H](NC(=O)c1cccnc1)c1ccc(Cl)cc1. The van der Waals surface area contributed by atoms with Gasteiger partial charge in [-0.2, -0.15) is 0 Å². The van der Waals surface area contributed by atoms with Crippen LogP contribution < -0.4 is 5.32 Å². The van der Waals surface area contributed by atoms with Gasteiger partial charge in [0.2, 0.25) is 0 Å². The van der Waals surface area contributed by atoms with E-state index in [-0.39, 0.29) is 11.9 Å². The fourth-order valence-corrected chi connectivity index (χ4v) is 1.74. The third-order valence-corrected chi connectivity index (χ3v) is 2.89. The predicted molar refractivity (Wildman–Crippen MR) is 71.6 cm³/mol. The second-order valence-corrected chi connectivity index (χ2v) is 4.42. The van der Waals surface area contributed by atoms with E-state index < -0.39 is 0 Å². The zero-order valence-electron chi connectivity index (χ0n) is 9.93. The Labute approximate surface area is 111 Å². The van der Waals surface area contributed by atoms with Crippen LogP contribution in [0.4, 0.5) is 0 Å². The van der Waals surface area contributed by atoms with Gasteiger partial charge in [0.15, 0.2) is 0 Å². The molecule has 1 heterocycles. The maximum atomic E-state index is 11.9. The number of benzene rings is 1. The highest BCUT2D eigenvalue weighted by Gasteiger charge is 2.11. The van der Waals surface area contributed by atoms with Crippen molar-refractivity contribution in [3.63, 3.8) is 0 Å². The second kappa shape index (κ2) is 5.65. The van der Waals surface area contributed by atoms with Gasteiger partial charge in [-0.1, -0.05) is 23.7 Å². The first kappa shape index (κ1) is 12.6. The van der Waals surface area contributed by atoms with Gasteiger partial charge in [0, 0.05) is 17.4 Å². The molecule has 1 aromatic heterocycles. The van der Waals surface area contributed by atoms with Crippen molar-refractivity contribution in [3.8, 4) is 0 Å². The molecule has 3 nitrogen and oxygen atoms in total. The molecule has 0 aliphatic heterocycles. The zero-order valence-corrected chi connectivity index (χ0v) is 10.7. The Balaban J connectivity index is 2.06. The average Bonchev–Trinajstić information content (AvgIpc) is 2.40. The summed E-state index contributed by atoms with van der Waals surface area (Å²) in [4.78, 5) is 15.8. The molecule has 0 spiro atoms. The van der Waals surface area contributed by atoms with Crippen molar-refractivity contribution in [3.05, 3.63) is 64.9 Å². The van der Waals surface area contributed by atoms with Crippen molar-refractivity contribution in [1.82, 2.24) is 10.3 Å². The molecule has 0 bridgehead atoms. The number of amides is 1. The molecule has 4 heteroatoms. The normalized spacial score (nSPS) is 11.9. The van der Waals surface area contributed by atoms with Crippen LogP contribution in [0.15, 0.2) is 48.8 Å². The Morgan fingerprint density at radius 1 is 1.28 bits per heavy atom. The zero-order chi connectivity index (χ0) is 13.0. The minimum Gasteiger partial charge on any atom is -0.345 e. The lowest BCUT2D eigenvalue weighted by molar-refractivity contribution is 0.0939. The standard InChI is InChI=1S/C14H13ClN2O/c1-10(11-4-6-13(15)7-5-11)17-14(18)12-3-2-8-16-9-12/h2-10H,1H3,(H,17,18)/t10-/m1/s1. The fraction of sp³-hybridized carbons (Fsp3) is 0.143. The first-order valence-electron chi connectivity index (χ1n) is 5.63. The van der Waals surface area contributed by atoms with Gasteiger partial charge >= 0.3 is 0 Å². The van der Waals surface area contributed by atoms with Gasteiger partial charge in [-0.25, -0.2) is 0 Å². The second-order valence-electron chi connectivity index (χ2n) is 3.99. The monoisotopic (exact) mass is 260 g/mol. The number of hydrogen-bond acceptors (Lipinski definition) is 2. The molecule has 2 aromatic rings. The van der Waals surface area contributed by atoms with Crippen LogP contribution in [0.3, 0.4) is 0 Å². The molecule has 0 unspecified atom stereocenters. The van der Waals surface area contributed by atoms with E-state index in [1.165, 1.54) is 0 Å². The Hall–Kier alpha value is -1.87. The van der Waals surface area contributed by atoms with E-state index >= 15 is 0 Å². The quantitative estimate of drug-likeness (QED) is 0.921. The van der Waals surface area contributed by atoms with Gasteiger partial charge in [-0.15, -0.1) is 0 Å². The average molecular weight is 261 g/mol. The molecule has 0 aliphatic carbocycles. The summed E-state index contributed by atoms with van der Waals surface area (Å²) in [6.45, 7) is 1.93. The molecule has 2 rings (SSSR count). The molecule has 1 atom stereocenters. The molecule has 0 saturated heterocycles. The Morgan fingerprint density at radius 3 is 2.61 bits per heavy atom. The van der Waals surface area contributed by atoms with Gasteiger partial charge in [0.25, 0.3) is 5.91 Å². The van der Waals surface area contributed by atoms with E-state index in [1.54, 1.807) is 24.5 Å². The maximum Gasteiger partial charge on any atom is 0.253 e. The molecule has 92 valence electrons. The molecule has 0 radical (unpaired) electrons. The molecule has 0 fully saturated rings. The Kier molecular flexibility index (Phi) is 3.95. The minimum absolute atomic E-state index is 0.0741. The van der Waals surface area contributed by atoms with E-state index in [4.69, 9.17) is 11.6 Å². The number of carbonyl (C=O) groups excluding carboxylic acids is 1. The molecular formula is C14H13ClN2O. The minimum atomic E-state index is -0.134. The maximum absolute atomic E-state index is 11.9. The highest BCUT2D eigenvalue weighted by molar-refractivity contribution is 6.30. The van der Waals surface area contributed by atoms with Crippen LogP contribution in [0, 0.1) is 0 Å². The first-order valence-corrected chi connectivity index (χ1v) is 6.01. The molecule has 0 aliphatic rings. The van der Waals surface area contributed by atoms with Gasteiger partial charge in [-0.3, -0.25) is 9.78 Å². The lowest BCUT2D eigenvalue weighted by Gasteiger charge is -2.14. The number of nitrogens with one attached hydrogen (secondary N) is 1. The van der Waals surface area contributed by atoms with Crippen LogP contribution >= 0.6 is 11.6 Å². The number of carbonyl (C=O) groups is 1. The topological polar surface area (TPSA) is 42.0 Å². The van der Waals surface area contributed by atoms with Crippen LogP contribution in [0.2, 0.25) is 5.02 Å². The predicted octanol–water partition coefficient (Wildman–Crippen LogP) is 3.23. The largest absolute Gasteiger partial charge is 0.345 e. The third kappa shape index (κ3) is 3.08. The van der Waals surface area contributed by atoms with Gasteiger partial charge in [0.05, 0.1) is 11.6 Å². The summed E-state index contributed by atoms with van der Waals surface area (Å²) in [6, 6.07) is 10.8. The van der Waals surface area contributed by atoms with Gasteiger partial charge in [0.1, 0.15) is 0 Å². The number of rotatable bonds is 3. The van der Waals surface area contributed by atoms with Crippen LogP contribution in [0.1, 0.15) is 28.9 Å². The number of hydrogen-bond donors (Lipinski definition) is 1. The van der Waals surface area contributed by atoms with Crippen molar-refractivity contribution >= 4 is 17.5 Å². The van der Waals surface area contributed by atoms with Crippen molar-refractivity contribution in [2.75, 3.05) is 0 Å². The summed E-state index contributed by atoms with van der Waals surface area (Å²) in [6.07, 6.45) is 3.18.